The first-order chi connectivity index (χ1) is 15.3. The second-order valence-corrected chi connectivity index (χ2v) is 9.78. The average Bonchev–Trinajstić information content (AvgIpc) is 3.35. The number of nitrogens with two attached hydrogens (primary N) is 1. The highest BCUT2D eigenvalue weighted by atomic mass is 16.5. The molecule has 1 unspecified atom stereocenters. The molecule has 5 heteroatoms. The van der Waals surface area contributed by atoms with Crippen molar-refractivity contribution in [2.75, 3.05) is 7.05 Å². The maximum absolute atomic E-state index is 13.3. The van der Waals surface area contributed by atoms with Crippen molar-refractivity contribution < 1.29 is 9.53 Å². The Labute approximate surface area is 189 Å². The molecule has 5 nitrogen and oxygen atoms in total. The molecule has 0 saturated heterocycles. The van der Waals surface area contributed by atoms with E-state index < -0.39 is 11.1 Å². The molecule has 2 N–H and O–H groups in total. The number of aliphatic imine (C=N–C) groups is 1. The highest BCUT2D eigenvalue weighted by molar-refractivity contribution is 6.07. The lowest BCUT2D eigenvalue weighted by Crippen LogP contribution is -2.49. The number of nitrogens with zero attached hydrogens (tertiary/aromatic N) is 2. The van der Waals surface area contributed by atoms with E-state index in [1.807, 2.05) is 38.1 Å². The first-order valence-electron chi connectivity index (χ1n) is 11.4. The number of carbonyl (C=O) groups is 1. The lowest BCUT2D eigenvalue weighted by Gasteiger charge is -2.41. The molecule has 0 aromatic heterocycles. The number of fused-ring (bicyclic) bond motifs is 2. The predicted octanol–water partition coefficient (Wildman–Crippen LogP) is 4.44. The molecule has 3 aliphatic rings. The van der Waals surface area contributed by atoms with Crippen LogP contribution in [0.3, 0.4) is 0 Å². The van der Waals surface area contributed by atoms with E-state index in [2.05, 4.69) is 35.0 Å². The van der Waals surface area contributed by atoms with E-state index >= 15 is 0 Å². The Morgan fingerprint density at radius 2 is 1.88 bits per heavy atom. The molecular weight excluding hydrogens is 398 g/mol. The van der Waals surface area contributed by atoms with Gasteiger partial charge in [-0.25, -0.2) is 4.99 Å². The van der Waals surface area contributed by atoms with Crippen molar-refractivity contribution in [3.8, 4) is 28.7 Å². The van der Waals surface area contributed by atoms with Crippen LogP contribution < -0.4 is 10.5 Å². The number of hydrogen-bond donors (Lipinski definition) is 1. The highest BCUT2D eigenvalue weighted by Crippen LogP contribution is 2.49. The predicted molar refractivity (Wildman–Crippen MR) is 126 cm³/mol. The van der Waals surface area contributed by atoms with E-state index in [1.165, 1.54) is 30.6 Å². The van der Waals surface area contributed by atoms with Crippen molar-refractivity contribution >= 4 is 11.9 Å². The molecule has 2 aliphatic heterocycles. The fraction of sp³-hybridized carbons (Fsp3) is 0.407. The van der Waals surface area contributed by atoms with E-state index in [1.54, 1.807) is 7.05 Å². The Kier molecular flexibility index (Phi) is 4.78. The van der Waals surface area contributed by atoms with Gasteiger partial charge in [0.25, 0.3) is 5.91 Å². The van der Waals surface area contributed by atoms with Crippen LogP contribution in [0.2, 0.25) is 0 Å². The van der Waals surface area contributed by atoms with E-state index in [4.69, 9.17) is 10.5 Å². The van der Waals surface area contributed by atoms with Gasteiger partial charge in [0.1, 0.15) is 11.4 Å². The van der Waals surface area contributed by atoms with Crippen molar-refractivity contribution in [3.63, 3.8) is 0 Å². The monoisotopic (exact) mass is 427 g/mol. The number of ether oxygens (including phenoxy) is 1. The molecule has 5 rings (SSSR count). The van der Waals surface area contributed by atoms with Gasteiger partial charge in [-0.2, -0.15) is 0 Å². The van der Waals surface area contributed by atoms with Gasteiger partial charge in [0.2, 0.25) is 0 Å². The smallest absolute Gasteiger partial charge is 0.261 e. The number of likely N-dealkylation sites (N-methyl/N-ethyl adjacent to an activating group) is 1. The third-order valence-corrected chi connectivity index (χ3v) is 6.77. The quantitative estimate of drug-likeness (QED) is 0.684. The zero-order valence-electron chi connectivity index (χ0n) is 18.9. The van der Waals surface area contributed by atoms with Gasteiger partial charge >= 0.3 is 0 Å². The molecular formula is C27H29N3O2. The third kappa shape index (κ3) is 3.44. The van der Waals surface area contributed by atoms with E-state index in [-0.39, 0.29) is 11.9 Å². The summed E-state index contributed by atoms with van der Waals surface area (Å²) in [6.07, 6.45) is 5.43. The van der Waals surface area contributed by atoms with Gasteiger partial charge < -0.3 is 10.5 Å². The maximum atomic E-state index is 13.3. The molecule has 2 heterocycles. The molecule has 1 saturated carbocycles. The van der Waals surface area contributed by atoms with Crippen LogP contribution in [0.25, 0.3) is 11.1 Å². The number of rotatable bonds is 1. The van der Waals surface area contributed by atoms with E-state index in [0.717, 1.165) is 22.3 Å². The molecule has 1 aliphatic carbocycles. The van der Waals surface area contributed by atoms with Crippen LogP contribution in [0.15, 0.2) is 47.5 Å². The summed E-state index contributed by atoms with van der Waals surface area (Å²) in [6.45, 7) is 3.96. The Morgan fingerprint density at radius 1 is 1.12 bits per heavy atom. The lowest BCUT2D eigenvalue weighted by atomic mass is 9.77. The van der Waals surface area contributed by atoms with Gasteiger partial charge in [-0.15, -0.1) is 0 Å². The fourth-order valence-electron chi connectivity index (χ4n) is 5.19. The molecule has 0 radical (unpaired) electrons. The standard InChI is InChI=1S/C27H29N3O2/c1-26(2)17-27(24(31)30(3)25(28)29-27)22-16-21(13-14-23(22)32-26)20-10-6-9-19(15-20)12-11-18-7-4-5-8-18/h6,9-10,13-16,18H,4-5,7-8,17H2,1-3H3,(H2,28,29). The average molecular weight is 428 g/mol. The van der Waals surface area contributed by atoms with Gasteiger partial charge in [0, 0.05) is 30.5 Å². The SMILES string of the molecule is CN1C(=O)C2(CC(C)(C)Oc3ccc(-c4cccc(C#CC5CCCC5)c4)cc32)N=C1N. The van der Waals surface area contributed by atoms with E-state index in [9.17, 15) is 4.79 Å². The molecule has 164 valence electrons. The van der Waals surface area contributed by atoms with Crippen molar-refractivity contribution in [1.29, 1.82) is 0 Å². The lowest BCUT2D eigenvalue weighted by molar-refractivity contribution is -0.133. The van der Waals surface area contributed by atoms with Crippen LogP contribution in [0.5, 0.6) is 5.75 Å². The van der Waals surface area contributed by atoms with E-state index in [0.29, 0.717) is 18.1 Å². The number of amides is 1. The van der Waals surface area contributed by atoms with Gasteiger partial charge in [-0.1, -0.05) is 42.9 Å². The Bertz CT molecular complexity index is 1180. The summed E-state index contributed by atoms with van der Waals surface area (Å²) in [7, 11) is 1.67. The topological polar surface area (TPSA) is 67.9 Å². The second kappa shape index (κ2) is 7.41. The molecule has 2 aromatic rings. The van der Waals surface area contributed by atoms with Crippen LogP contribution in [-0.4, -0.2) is 29.4 Å². The minimum atomic E-state index is -1.05. The summed E-state index contributed by atoms with van der Waals surface area (Å²) in [5.41, 5.74) is 8.34. The van der Waals surface area contributed by atoms with Crippen molar-refractivity contribution in [1.82, 2.24) is 4.90 Å². The molecule has 32 heavy (non-hydrogen) atoms. The summed E-state index contributed by atoms with van der Waals surface area (Å²) in [5.74, 6) is 8.14. The highest BCUT2D eigenvalue weighted by Gasteiger charge is 2.55. The molecule has 1 amide bonds. The fourth-order valence-corrected chi connectivity index (χ4v) is 5.19. The molecule has 1 atom stereocenters. The number of guanidine groups is 1. The van der Waals surface area contributed by atoms with Gasteiger partial charge in [-0.3, -0.25) is 9.69 Å². The van der Waals surface area contributed by atoms with Crippen LogP contribution in [0.4, 0.5) is 0 Å². The zero-order chi connectivity index (χ0) is 22.5. The number of benzene rings is 2. The minimum Gasteiger partial charge on any atom is -0.487 e. The first-order valence-corrected chi connectivity index (χ1v) is 11.4. The van der Waals surface area contributed by atoms with Crippen molar-refractivity contribution in [2.24, 2.45) is 16.6 Å². The molecule has 2 aromatic carbocycles. The van der Waals surface area contributed by atoms with Crippen LogP contribution in [-0.2, 0) is 10.3 Å². The summed E-state index contributed by atoms with van der Waals surface area (Å²) in [4.78, 5) is 19.4. The van der Waals surface area contributed by atoms with Gasteiger partial charge in [0.15, 0.2) is 11.5 Å². The normalized spacial score (nSPS) is 24.0. The van der Waals surface area contributed by atoms with Crippen LogP contribution in [0.1, 0.15) is 57.1 Å². The van der Waals surface area contributed by atoms with Gasteiger partial charge in [-0.05, 0) is 62.1 Å². The van der Waals surface area contributed by atoms with Crippen molar-refractivity contribution in [3.05, 3.63) is 53.6 Å². The minimum absolute atomic E-state index is 0.110. The van der Waals surface area contributed by atoms with Crippen LogP contribution >= 0.6 is 0 Å². The largest absolute Gasteiger partial charge is 0.487 e. The Hall–Kier alpha value is -3.26. The second-order valence-electron chi connectivity index (χ2n) is 9.78. The zero-order valence-corrected chi connectivity index (χ0v) is 18.9. The molecule has 0 bridgehead atoms. The Morgan fingerprint density at radius 3 is 2.59 bits per heavy atom. The Balaban J connectivity index is 1.56. The van der Waals surface area contributed by atoms with Crippen LogP contribution in [0, 0.1) is 17.8 Å². The summed E-state index contributed by atoms with van der Waals surface area (Å²) in [6, 6.07) is 14.3. The summed E-state index contributed by atoms with van der Waals surface area (Å²) >= 11 is 0. The summed E-state index contributed by atoms with van der Waals surface area (Å²) in [5, 5.41) is 0. The molecule has 1 fully saturated rings. The maximum Gasteiger partial charge on any atom is 0.261 e. The van der Waals surface area contributed by atoms with Crippen molar-refractivity contribution in [2.45, 2.75) is 57.1 Å². The van der Waals surface area contributed by atoms with Gasteiger partial charge in [0.05, 0.1) is 0 Å². The number of carbonyl (C=O) groups excluding carboxylic acids is 1. The third-order valence-electron chi connectivity index (χ3n) is 6.77. The summed E-state index contributed by atoms with van der Waals surface area (Å²) < 4.78 is 6.23. The molecule has 1 spiro atoms. The first kappa shape index (κ1) is 20.6. The number of hydrogen-bond acceptors (Lipinski definition) is 4.